The first-order valence-corrected chi connectivity index (χ1v) is 8.84. The van der Waals surface area contributed by atoms with Gasteiger partial charge in [-0.25, -0.2) is 0 Å². The second kappa shape index (κ2) is 6.35. The van der Waals surface area contributed by atoms with Crippen LogP contribution in [0, 0.1) is 17.8 Å². The maximum absolute atomic E-state index is 5.81. The van der Waals surface area contributed by atoms with E-state index in [9.17, 15) is 0 Å². The summed E-state index contributed by atoms with van der Waals surface area (Å²) < 4.78 is 2.34. The summed E-state index contributed by atoms with van der Waals surface area (Å²) in [4.78, 5) is 0. The van der Waals surface area contributed by atoms with Crippen LogP contribution in [0.4, 0.5) is 0 Å². The maximum atomic E-state index is 5.81. The molecule has 2 nitrogen and oxygen atoms in total. The van der Waals surface area contributed by atoms with Crippen LogP contribution >= 0.6 is 43.2 Å². The van der Waals surface area contributed by atoms with Gasteiger partial charge in [0.2, 0.25) is 0 Å². The number of hydrazine groups is 1. The minimum atomic E-state index is 0.261. The van der Waals surface area contributed by atoms with E-state index in [0.717, 1.165) is 15.6 Å². The first-order chi connectivity index (χ1) is 8.52. The van der Waals surface area contributed by atoms with Crippen molar-refractivity contribution in [3.8, 4) is 0 Å². The van der Waals surface area contributed by atoms with Gasteiger partial charge in [-0.3, -0.25) is 11.3 Å². The van der Waals surface area contributed by atoms with E-state index in [2.05, 4.69) is 57.2 Å². The number of rotatable bonds is 3. The van der Waals surface area contributed by atoms with E-state index in [1.165, 1.54) is 28.6 Å². The van der Waals surface area contributed by atoms with Gasteiger partial charge in [-0.05, 0) is 74.1 Å². The highest BCUT2D eigenvalue weighted by Gasteiger charge is 2.31. The van der Waals surface area contributed by atoms with Gasteiger partial charge >= 0.3 is 0 Å². The van der Waals surface area contributed by atoms with E-state index >= 15 is 0 Å². The number of nitrogens with one attached hydrogen (secondary N) is 1. The molecule has 0 aliphatic heterocycles. The molecule has 0 saturated heterocycles. The van der Waals surface area contributed by atoms with Gasteiger partial charge in [0.1, 0.15) is 0 Å². The van der Waals surface area contributed by atoms with Crippen LogP contribution in [-0.2, 0) is 0 Å². The Morgan fingerprint density at radius 3 is 2.56 bits per heavy atom. The lowest BCUT2D eigenvalue weighted by molar-refractivity contribution is 0.171. The van der Waals surface area contributed by atoms with E-state index in [4.69, 9.17) is 5.84 Å². The molecule has 1 aliphatic carbocycles. The van der Waals surface area contributed by atoms with Crippen molar-refractivity contribution in [2.75, 3.05) is 0 Å². The van der Waals surface area contributed by atoms with Crippen molar-refractivity contribution >= 4 is 43.2 Å². The Labute approximate surface area is 130 Å². The van der Waals surface area contributed by atoms with Crippen LogP contribution in [-0.4, -0.2) is 0 Å². The molecule has 1 aromatic heterocycles. The summed E-state index contributed by atoms with van der Waals surface area (Å²) in [6, 6.07) is 2.44. The Bertz CT molecular complexity index is 408. The molecule has 1 fully saturated rings. The van der Waals surface area contributed by atoms with Crippen molar-refractivity contribution in [1.82, 2.24) is 5.43 Å². The molecule has 0 spiro atoms. The van der Waals surface area contributed by atoms with Gasteiger partial charge in [-0.1, -0.05) is 20.3 Å². The third kappa shape index (κ3) is 3.18. The molecule has 0 bridgehead atoms. The molecule has 0 amide bonds. The zero-order valence-electron chi connectivity index (χ0n) is 10.7. The van der Waals surface area contributed by atoms with Crippen molar-refractivity contribution in [1.29, 1.82) is 0 Å². The lowest BCUT2D eigenvalue weighted by Crippen LogP contribution is -2.36. The van der Waals surface area contributed by atoms with Crippen molar-refractivity contribution < 1.29 is 0 Å². The normalized spacial score (nSPS) is 30.4. The van der Waals surface area contributed by atoms with E-state index in [1.54, 1.807) is 11.3 Å². The maximum Gasteiger partial charge on any atom is 0.0758 e. The lowest BCUT2D eigenvalue weighted by Gasteiger charge is -2.36. The molecule has 5 heteroatoms. The third-order valence-electron chi connectivity index (χ3n) is 4.31. The van der Waals surface area contributed by atoms with Crippen LogP contribution in [0.1, 0.15) is 44.7 Å². The molecule has 3 N–H and O–H groups in total. The first-order valence-electron chi connectivity index (χ1n) is 6.43. The summed E-state index contributed by atoms with van der Waals surface area (Å²) in [5.41, 5.74) is 4.33. The average molecular weight is 396 g/mol. The molecule has 102 valence electrons. The fourth-order valence-corrected chi connectivity index (χ4v) is 5.87. The Morgan fingerprint density at radius 1 is 1.33 bits per heavy atom. The molecule has 1 aliphatic rings. The Morgan fingerprint density at radius 2 is 2.06 bits per heavy atom. The second-order valence-electron chi connectivity index (χ2n) is 5.45. The van der Waals surface area contributed by atoms with E-state index in [1.807, 2.05) is 0 Å². The summed E-state index contributed by atoms with van der Waals surface area (Å²) in [5.74, 6) is 8.09. The van der Waals surface area contributed by atoms with Crippen molar-refractivity contribution in [2.24, 2.45) is 23.6 Å². The van der Waals surface area contributed by atoms with Crippen LogP contribution in [0.5, 0.6) is 0 Å². The fraction of sp³-hybridized carbons (Fsp3) is 0.692. The minimum Gasteiger partial charge on any atom is -0.271 e. The summed E-state index contributed by atoms with van der Waals surface area (Å²) in [6.07, 6.45) is 3.84. The molecular weight excluding hydrogens is 376 g/mol. The SMILES string of the molecule is CC1CCC(C(NN)c2cc(Br)sc2Br)CC1C. The zero-order valence-corrected chi connectivity index (χ0v) is 14.7. The highest BCUT2D eigenvalue weighted by atomic mass is 79.9. The van der Waals surface area contributed by atoms with E-state index in [-0.39, 0.29) is 6.04 Å². The van der Waals surface area contributed by atoms with Gasteiger partial charge < -0.3 is 0 Å². The molecule has 1 aromatic rings. The van der Waals surface area contributed by atoms with Crippen LogP contribution in [0.25, 0.3) is 0 Å². The summed E-state index contributed by atoms with van der Waals surface area (Å²) >= 11 is 8.91. The summed E-state index contributed by atoms with van der Waals surface area (Å²) in [7, 11) is 0. The number of hydrogen-bond donors (Lipinski definition) is 2. The topological polar surface area (TPSA) is 38.0 Å². The molecular formula is C13H20Br2N2S. The highest BCUT2D eigenvalue weighted by molar-refractivity contribution is 9.12. The Balaban J connectivity index is 2.16. The molecule has 4 unspecified atom stereocenters. The highest BCUT2D eigenvalue weighted by Crippen LogP contribution is 2.43. The molecule has 1 heterocycles. The van der Waals surface area contributed by atoms with Gasteiger partial charge in [-0.2, -0.15) is 0 Å². The van der Waals surface area contributed by atoms with Crippen LogP contribution in [0.15, 0.2) is 13.6 Å². The smallest absolute Gasteiger partial charge is 0.0758 e. The number of nitrogens with two attached hydrogens (primary N) is 1. The summed E-state index contributed by atoms with van der Waals surface area (Å²) in [6.45, 7) is 4.73. The predicted molar refractivity (Wildman–Crippen MR) is 85.5 cm³/mol. The number of thiophene rings is 1. The summed E-state index contributed by atoms with van der Waals surface area (Å²) in [5, 5.41) is 0. The van der Waals surface area contributed by atoms with Crippen molar-refractivity contribution in [2.45, 2.75) is 39.2 Å². The van der Waals surface area contributed by atoms with Gasteiger partial charge in [-0.15, -0.1) is 11.3 Å². The standard InChI is InChI=1S/C13H20Br2N2S/c1-7-3-4-9(5-8(7)2)12(17-16)10-6-11(14)18-13(10)15/h6-9,12,17H,3-5,16H2,1-2H3. The van der Waals surface area contributed by atoms with Crippen LogP contribution < -0.4 is 11.3 Å². The van der Waals surface area contributed by atoms with Crippen LogP contribution in [0.2, 0.25) is 0 Å². The quantitative estimate of drug-likeness (QED) is 0.567. The van der Waals surface area contributed by atoms with Gasteiger partial charge in [0.15, 0.2) is 0 Å². The van der Waals surface area contributed by atoms with Gasteiger partial charge in [0.05, 0.1) is 13.6 Å². The lowest BCUT2D eigenvalue weighted by atomic mass is 9.72. The fourth-order valence-electron chi connectivity index (χ4n) is 2.94. The molecule has 0 aromatic carbocycles. The van der Waals surface area contributed by atoms with E-state index < -0.39 is 0 Å². The predicted octanol–water partition coefficient (Wildman–Crippen LogP) is 4.85. The monoisotopic (exact) mass is 394 g/mol. The number of hydrogen-bond acceptors (Lipinski definition) is 3. The van der Waals surface area contributed by atoms with E-state index in [0.29, 0.717) is 5.92 Å². The van der Waals surface area contributed by atoms with Crippen molar-refractivity contribution in [3.63, 3.8) is 0 Å². The zero-order chi connectivity index (χ0) is 13.3. The van der Waals surface area contributed by atoms with Crippen molar-refractivity contribution in [3.05, 3.63) is 19.2 Å². The first kappa shape index (κ1) is 15.0. The second-order valence-corrected chi connectivity index (χ2v) is 9.20. The van der Waals surface area contributed by atoms with Gasteiger partial charge in [0.25, 0.3) is 0 Å². The molecule has 2 rings (SSSR count). The Hall–Kier alpha value is 0.580. The van der Waals surface area contributed by atoms with Crippen LogP contribution in [0.3, 0.4) is 0 Å². The molecule has 0 radical (unpaired) electrons. The third-order valence-corrected chi connectivity index (χ3v) is 6.69. The molecule has 4 atom stereocenters. The van der Waals surface area contributed by atoms with Gasteiger partial charge in [0, 0.05) is 0 Å². The number of halogens is 2. The molecule has 1 saturated carbocycles. The largest absolute Gasteiger partial charge is 0.271 e. The average Bonchev–Trinajstić information content (AvgIpc) is 2.64. The molecule has 18 heavy (non-hydrogen) atoms. The Kier molecular flexibility index (Phi) is 5.29. The minimum absolute atomic E-state index is 0.261.